The van der Waals surface area contributed by atoms with E-state index in [-0.39, 0.29) is 0 Å². The van der Waals surface area contributed by atoms with Gasteiger partial charge in [-0.1, -0.05) is 25.2 Å². The van der Waals surface area contributed by atoms with Gasteiger partial charge in [0.2, 0.25) is 0 Å². The summed E-state index contributed by atoms with van der Waals surface area (Å²) >= 11 is 0. The third-order valence-corrected chi connectivity index (χ3v) is 3.18. The second kappa shape index (κ2) is 5.25. The van der Waals surface area contributed by atoms with E-state index in [0.29, 0.717) is 24.8 Å². The van der Waals surface area contributed by atoms with Crippen LogP contribution in [0.4, 0.5) is 0 Å². The monoisotopic (exact) mass is 247 g/mol. The molecule has 0 spiro atoms. The van der Waals surface area contributed by atoms with Gasteiger partial charge < -0.3 is 10.2 Å². The number of nitrogens with zero attached hydrogens (tertiary/aromatic N) is 1. The van der Waals surface area contributed by atoms with Crippen LogP contribution in [0, 0.1) is 28.6 Å². The van der Waals surface area contributed by atoms with Crippen LogP contribution in [0.1, 0.15) is 39.5 Å². The molecule has 1 atom stereocenters. The number of aliphatic hydroxyl groups is 1. The fraction of sp³-hybridized carbons (Fsp3) is 0.571. The van der Waals surface area contributed by atoms with E-state index in [0.717, 1.165) is 12.5 Å². The molecule has 2 N–H and O–H groups in total. The van der Waals surface area contributed by atoms with Gasteiger partial charge in [0.25, 0.3) is 0 Å². The lowest BCUT2D eigenvalue weighted by Gasteiger charge is -2.21. The van der Waals surface area contributed by atoms with E-state index < -0.39 is 17.0 Å². The predicted octanol–water partition coefficient (Wildman–Crippen LogP) is 1.86. The number of hydrogen-bond acceptors (Lipinski definition) is 3. The van der Waals surface area contributed by atoms with E-state index >= 15 is 0 Å². The largest absolute Gasteiger partial charge is 0.478 e. The molecule has 18 heavy (non-hydrogen) atoms. The SMILES string of the molecule is CCC/C(C#C[C@](C)(O)C1(C#N)CC1)=C/C(=O)O. The van der Waals surface area contributed by atoms with E-state index in [1.165, 1.54) is 6.92 Å². The molecule has 0 radical (unpaired) electrons. The molecular formula is C14H17NO3. The number of carboxylic acids is 1. The number of hydrogen-bond donors (Lipinski definition) is 2. The molecule has 0 aromatic rings. The van der Waals surface area contributed by atoms with Crippen molar-refractivity contribution < 1.29 is 15.0 Å². The Balaban J connectivity index is 2.92. The van der Waals surface area contributed by atoms with Crippen LogP contribution in [0.2, 0.25) is 0 Å². The summed E-state index contributed by atoms with van der Waals surface area (Å²) in [5.74, 6) is 4.31. The molecule has 4 nitrogen and oxygen atoms in total. The van der Waals surface area contributed by atoms with Gasteiger partial charge in [-0.3, -0.25) is 0 Å². The van der Waals surface area contributed by atoms with Crippen molar-refractivity contribution in [3.05, 3.63) is 11.6 Å². The highest BCUT2D eigenvalue weighted by molar-refractivity contribution is 5.81. The number of carbonyl (C=O) groups is 1. The summed E-state index contributed by atoms with van der Waals surface area (Å²) in [6, 6.07) is 2.10. The Hall–Kier alpha value is -1.78. The van der Waals surface area contributed by atoms with Crippen LogP contribution in [-0.4, -0.2) is 21.8 Å². The van der Waals surface area contributed by atoms with Gasteiger partial charge in [0.1, 0.15) is 5.60 Å². The summed E-state index contributed by atoms with van der Waals surface area (Å²) in [6.07, 6.45) is 3.65. The van der Waals surface area contributed by atoms with Crippen LogP contribution in [0.5, 0.6) is 0 Å². The van der Waals surface area contributed by atoms with Gasteiger partial charge >= 0.3 is 5.97 Å². The van der Waals surface area contributed by atoms with Crippen molar-refractivity contribution in [2.24, 2.45) is 5.41 Å². The molecule has 0 unspecified atom stereocenters. The van der Waals surface area contributed by atoms with Crippen molar-refractivity contribution in [2.75, 3.05) is 0 Å². The van der Waals surface area contributed by atoms with E-state index in [1.807, 2.05) is 6.92 Å². The molecule has 1 aliphatic carbocycles. The highest BCUT2D eigenvalue weighted by Gasteiger charge is 2.56. The first-order valence-corrected chi connectivity index (χ1v) is 5.97. The number of rotatable bonds is 4. The molecule has 0 heterocycles. The zero-order chi connectivity index (χ0) is 13.8. The van der Waals surface area contributed by atoms with E-state index in [1.54, 1.807) is 0 Å². The average molecular weight is 247 g/mol. The predicted molar refractivity (Wildman–Crippen MR) is 66.3 cm³/mol. The van der Waals surface area contributed by atoms with Crippen molar-refractivity contribution >= 4 is 5.97 Å². The molecule has 0 aromatic carbocycles. The molecule has 4 heteroatoms. The van der Waals surface area contributed by atoms with Crippen molar-refractivity contribution in [3.63, 3.8) is 0 Å². The average Bonchev–Trinajstić information content (AvgIpc) is 3.07. The maximum absolute atomic E-state index is 10.6. The van der Waals surface area contributed by atoms with Gasteiger partial charge in [0.05, 0.1) is 11.5 Å². The van der Waals surface area contributed by atoms with Gasteiger partial charge in [-0.2, -0.15) is 5.26 Å². The number of carboxylic acid groups (broad SMARTS) is 1. The molecule has 0 saturated heterocycles. The summed E-state index contributed by atoms with van der Waals surface area (Å²) in [5, 5.41) is 27.9. The summed E-state index contributed by atoms with van der Waals surface area (Å²) in [4.78, 5) is 10.6. The van der Waals surface area contributed by atoms with Crippen LogP contribution in [0.3, 0.4) is 0 Å². The third kappa shape index (κ3) is 3.12. The molecular weight excluding hydrogens is 230 g/mol. The number of nitriles is 1. The van der Waals surface area contributed by atoms with Crippen LogP contribution >= 0.6 is 0 Å². The van der Waals surface area contributed by atoms with Gasteiger partial charge in [0, 0.05) is 11.6 Å². The lowest BCUT2D eigenvalue weighted by molar-refractivity contribution is -0.131. The zero-order valence-corrected chi connectivity index (χ0v) is 10.7. The number of aliphatic carboxylic acids is 1. The smallest absolute Gasteiger partial charge is 0.329 e. The number of allylic oxidation sites excluding steroid dienone is 1. The maximum Gasteiger partial charge on any atom is 0.329 e. The summed E-state index contributed by atoms with van der Waals surface area (Å²) < 4.78 is 0. The second-order valence-corrected chi connectivity index (χ2v) is 4.77. The molecule has 1 aliphatic rings. The fourth-order valence-corrected chi connectivity index (χ4v) is 1.74. The van der Waals surface area contributed by atoms with Crippen molar-refractivity contribution in [2.45, 2.75) is 45.1 Å². The van der Waals surface area contributed by atoms with Crippen LogP contribution in [0.15, 0.2) is 11.6 Å². The Morgan fingerprint density at radius 1 is 1.56 bits per heavy atom. The molecule has 1 fully saturated rings. The standard InChI is InChI=1S/C14H17NO3/c1-3-4-11(9-12(16)17)5-6-13(2,18)14(10-15)7-8-14/h9,18H,3-4,7-8H2,1-2H3,(H,16,17)/b11-9-/t13-/m0/s1. The van der Waals surface area contributed by atoms with E-state index in [9.17, 15) is 9.90 Å². The minimum Gasteiger partial charge on any atom is -0.478 e. The summed E-state index contributed by atoms with van der Waals surface area (Å²) in [5.41, 5.74) is -1.69. The minimum absolute atomic E-state index is 0.471. The Labute approximate surface area is 107 Å². The second-order valence-electron chi connectivity index (χ2n) is 4.77. The summed E-state index contributed by atoms with van der Waals surface area (Å²) in [6.45, 7) is 3.44. The van der Waals surface area contributed by atoms with Crippen molar-refractivity contribution in [1.82, 2.24) is 0 Å². The lowest BCUT2D eigenvalue weighted by atomic mass is 9.87. The van der Waals surface area contributed by atoms with Crippen LogP contribution in [-0.2, 0) is 4.79 Å². The Morgan fingerprint density at radius 3 is 2.56 bits per heavy atom. The highest BCUT2D eigenvalue weighted by atomic mass is 16.4. The molecule has 0 bridgehead atoms. The molecule has 96 valence electrons. The molecule has 1 saturated carbocycles. The van der Waals surface area contributed by atoms with Crippen LogP contribution < -0.4 is 0 Å². The van der Waals surface area contributed by atoms with Gasteiger partial charge in [-0.15, -0.1) is 0 Å². The first kappa shape index (κ1) is 14.3. The maximum atomic E-state index is 10.6. The van der Waals surface area contributed by atoms with Gasteiger partial charge in [-0.05, 0) is 26.2 Å². The fourth-order valence-electron chi connectivity index (χ4n) is 1.74. The third-order valence-electron chi connectivity index (χ3n) is 3.18. The molecule has 0 aromatic heterocycles. The minimum atomic E-state index is -1.38. The van der Waals surface area contributed by atoms with Crippen LogP contribution in [0.25, 0.3) is 0 Å². The Bertz CT molecular complexity index is 467. The zero-order valence-electron chi connectivity index (χ0n) is 10.7. The quantitative estimate of drug-likeness (QED) is 0.587. The molecule has 1 rings (SSSR count). The first-order chi connectivity index (χ1) is 8.37. The van der Waals surface area contributed by atoms with Crippen molar-refractivity contribution in [1.29, 1.82) is 5.26 Å². The lowest BCUT2D eigenvalue weighted by Crippen LogP contribution is -2.33. The normalized spacial score (nSPS) is 20.0. The molecule has 0 aliphatic heterocycles. The van der Waals surface area contributed by atoms with Crippen molar-refractivity contribution in [3.8, 4) is 17.9 Å². The highest BCUT2D eigenvalue weighted by Crippen LogP contribution is 2.53. The Morgan fingerprint density at radius 2 is 2.17 bits per heavy atom. The van der Waals surface area contributed by atoms with Gasteiger partial charge in [-0.25, -0.2) is 4.79 Å². The van der Waals surface area contributed by atoms with E-state index in [4.69, 9.17) is 10.4 Å². The Kier molecular flexibility index (Phi) is 4.16. The molecule has 0 amide bonds. The first-order valence-electron chi connectivity index (χ1n) is 5.97. The summed E-state index contributed by atoms with van der Waals surface area (Å²) in [7, 11) is 0. The van der Waals surface area contributed by atoms with Gasteiger partial charge in [0.15, 0.2) is 0 Å². The van der Waals surface area contributed by atoms with E-state index in [2.05, 4.69) is 17.9 Å². The topological polar surface area (TPSA) is 81.3 Å².